The fourth-order valence-electron chi connectivity index (χ4n) is 2.79. The first-order chi connectivity index (χ1) is 12.3. The third-order valence-corrected chi connectivity index (χ3v) is 4.33. The van der Waals surface area contributed by atoms with Gasteiger partial charge in [0.15, 0.2) is 0 Å². The first-order valence-corrected chi connectivity index (χ1v) is 8.61. The Kier molecular flexibility index (Phi) is 4.93. The molecule has 1 unspecified atom stereocenters. The predicted octanol–water partition coefficient (Wildman–Crippen LogP) is 3.13. The average Bonchev–Trinajstić information content (AvgIpc) is 3.00. The van der Waals surface area contributed by atoms with Crippen LogP contribution in [0.2, 0.25) is 0 Å². The molecule has 1 atom stereocenters. The summed E-state index contributed by atoms with van der Waals surface area (Å²) in [5, 5.41) is 2.78. The molecule has 3 rings (SSSR count). The lowest BCUT2D eigenvalue weighted by Crippen LogP contribution is -2.34. The van der Waals surface area contributed by atoms with Crippen molar-refractivity contribution in [2.45, 2.75) is 32.3 Å². The summed E-state index contributed by atoms with van der Waals surface area (Å²) in [5.74, 6) is -0.234. The molecular formula is C20H23N3O3. The van der Waals surface area contributed by atoms with E-state index in [2.05, 4.69) is 31.1 Å². The van der Waals surface area contributed by atoms with Crippen LogP contribution in [0.4, 0.5) is 10.5 Å². The number of nitrogens with one attached hydrogen (secondary N) is 1. The van der Waals surface area contributed by atoms with Gasteiger partial charge in [0, 0.05) is 18.1 Å². The van der Waals surface area contributed by atoms with Gasteiger partial charge in [-0.3, -0.25) is 14.7 Å². The van der Waals surface area contributed by atoms with E-state index in [1.54, 1.807) is 23.2 Å². The summed E-state index contributed by atoms with van der Waals surface area (Å²) in [4.78, 5) is 29.7. The molecule has 2 aromatic rings. The van der Waals surface area contributed by atoms with Gasteiger partial charge in [0.25, 0.3) is 5.91 Å². The van der Waals surface area contributed by atoms with Gasteiger partial charge in [-0.15, -0.1) is 0 Å². The van der Waals surface area contributed by atoms with Crippen molar-refractivity contribution in [3.05, 3.63) is 59.9 Å². The highest BCUT2D eigenvalue weighted by atomic mass is 16.6. The van der Waals surface area contributed by atoms with E-state index in [4.69, 9.17) is 4.74 Å². The third-order valence-electron chi connectivity index (χ3n) is 4.33. The summed E-state index contributed by atoms with van der Waals surface area (Å²) in [7, 11) is 0. The van der Waals surface area contributed by atoms with Crippen LogP contribution < -0.4 is 10.2 Å². The highest BCUT2D eigenvalue weighted by molar-refractivity contribution is 5.94. The molecule has 1 aromatic heterocycles. The Bertz CT molecular complexity index is 782. The Morgan fingerprint density at radius 3 is 2.62 bits per heavy atom. The maximum Gasteiger partial charge on any atom is 0.414 e. The molecule has 6 heteroatoms. The van der Waals surface area contributed by atoms with Crippen molar-refractivity contribution >= 4 is 17.7 Å². The van der Waals surface area contributed by atoms with Gasteiger partial charge in [-0.1, -0.05) is 32.9 Å². The van der Waals surface area contributed by atoms with Crippen LogP contribution in [-0.2, 0) is 10.2 Å². The van der Waals surface area contributed by atoms with Crippen molar-refractivity contribution in [1.82, 2.24) is 10.3 Å². The van der Waals surface area contributed by atoms with Crippen molar-refractivity contribution in [3.8, 4) is 0 Å². The van der Waals surface area contributed by atoms with Crippen molar-refractivity contribution < 1.29 is 14.3 Å². The van der Waals surface area contributed by atoms with Crippen LogP contribution in [-0.4, -0.2) is 36.2 Å². The Morgan fingerprint density at radius 1 is 1.27 bits per heavy atom. The van der Waals surface area contributed by atoms with Gasteiger partial charge in [-0.25, -0.2) is 4.79 Å². The lowest BCUT2D eigenvalue weighted by Gasteiger charge is -2.20. The van der Waals surface area contributed by atoms with Crippen LogP contribution in [0.15, 0.2) is 48.8 Å². The van der Waals surface area contributed by atoms with Gasteiger partial charge in [-0.05, 0) is 35.2 Å². The molecule has 0 bridgehead atoms. The number of aromatic nitrogens is 1. The van der Waals surface area contributed by atoms with Crippen LogP contribution in [0.5, 0.6) is 0 Å². The van der Waals surface area contributed by atoms with E-state index in [0.717, 1.165) is 5.69 Å². The maximum absolute atomic E-state index is 12.2. The minimum absolute atomic E-state index is 0.0587. The first-order valence-electron chi connectivity index (χ1n) is 8.61. The lowest BCUT2D eigenvalue weighted by molar-refractivity contribution is 0.0915. The summed E-state index contributed by atoms with van der Waals surface area (Å²) in [6, 6.07) is 11.3. The molecule has 136 valence electrons. The molecule has 1 N–H and O–H groups in total. The van der Waals surface area contributed by atoms with E-state index >= 15 is 0 Å². The standard InChI is InChI=1S/C20H23N3O3/c1-20(2,3)15-6-8-16(9-7-15)23-13-17(26-19(23)25)12-22-18(24)14-5-4-10-21-11-14/h4-11,17H,12-13H2,1-3H3,(H,22,24). The van der Waals surface area contributed by atoms with E-state index < -0.39 is 6.09 Å². The number of carbonyl (C=O) groups is 2. The number of cyclic esters (lactones) is 1. The summed E-state index contributed by atoms with van der Waals surface area (Å²) in [6.45, 7) is 7.10. The number of benzene rings is 1. The molecule has 1 aliphatic rings. The molecule has 2 amide bonds. The van der Waals surface area contributed by atoms with Crippen molar-refractivity contribution in [1.29, 1.82) is 0 Å². The third kappa shape index (κ3) is 4.02. The van der Waals surface area contributed by atoms with Gasteiger partial charge < -0.3 is 10.1 Å². The number of hydrogen-bond acceptors (Lipinski definition) is 4. The molecule has 0 spiro atoms. The highest BCUT2D eigenvalue weighted by Crippen LogP contribution is 2.27. The number of hydrogen-bond donors (Lipinski definition) is 1. The van der Waals surface area contributed by atoms with Crippen molar-refractivity contribution in [3.63, 3.8) is 0 Å². The van der Waals surface area contributed by atoms with Crippen LogP contribution in [0.1, 0.15) is 36.7 Å². The Hall–Kier alpha value is -2.89. The second-order valence-corrected chi connectivity index (χ2v) is 7.36. The number of rotatable bonds is 4. The number of amides is 2. The van der Waals surface area contributed by atoms with E-state index in [1.807, 2.05) is 24.3 Å². The minimum Gasteiger partial charge on any atom is -0.442 e. The van der Waals surface area contributed by atoms with Crippen LogP contribution >= 0.6 is 0 Å². The Morgan fingerprint density at radius 2 is 2.00 bits per heavy atom. The second kappa shape index (κ2) is 7.15. The summed E-state index contributed by atoms with van der Waals surface area (Å²) in [5.41, 5.74) is 2.54. The molecule has 0 aliphatic carbocycles. The number of ether oxygens (including phenoxy) is 1. The van der Waals surface area contributed by atoms with Crippen LogP contribution in [0.3, 0.4) is 0 Å². The quantitative estimate of drug-likeness (QED) is 0.917. The zero-order valence-corrected chi connectivity index (χ0v) is 15.2. The van der Waals surface area contributed by atoms with E-state index in [0.29, 0.717) is 12.1 Å². The normalized spacial score (nSPS) is 17.1. The molecule has 6 nitrogen and oxygen atoms in total. The monoisotopic (exact) mass is 353 g/mol. The molecule has 0 saturated carbocycles. The van der Waals surface area contributed by atoms with Gasteiger partial charge in [0.1, 0.15) is 6.10 Å². The maximum atomic E-state index is 12.2. The van der Waals surface area contributed by atoms with E-state index in [-0.39, 0.29) is 24.0 Å². The van der Waals surface area contributed by atoms with Crippen molar-refractivity contribution in [2.24, 2.45) is 0 Å². The molecule has 1 saturated heterocycles. The van der Waals surface area contributed by atoms with Crippen molar-refractivity contribution in [2.75, 3.05) is 18.0 Å². The van der Waals surface area contributed by atoms with Crippen LogP contribution in [0.25, 0.3) is 0 Å². The topological polar surface area (TPSA) is 71.5 Å². The fourth-order valence-corrected chi connectivity index (χ4v) is 2.79. The van der Waals surface area contributed by atoms with Gasteiger partial charge in [0.2, 0.25) is 0 Å². The van der Waals surface area contributed by atoms with E-state index in [1.165, 1.54) is 11.8 Å². The number of carbonyl (C=O) groups excluding carboxylic acids is 2. The molecule has 1 fully saturated rings. The number of anilines is 1. The molecule has 1 aliphatic heterocycles. The largest absolute Gasteiger partial charge is 0.442 e. The van der Waals surface area contributed by atoms with Gasteiger partial charge in [-0.2, -0.15) is 0 Å². The molecular weight excluding hydrogens is 330 g/mol. The SMILES string of the molecule is CC(C)(C)c1ccc(N2CC(CNC(=O)c3cccnc3)OC2=O)cc1. The fraction of sp³-hybridized carbons (Fsp3) is 0.350. The summed E-state index contributed by atoms with van der Waals surface area (Å²) >= 11 is 0. The summed E-state index contributed by atoms with van der Waals surface area (Å²) in [6.07, 6.45) is 2.33. The Balaban J connectivity index is 1.59. The predicted molar refractivity (Wildman–Crippen MR) is 99.3 cm³/mol. The summed E-state index contributed by atoms with van der Waals surface area (Å²) < 4.78 is 5.37. The average molecular weight is 353 g/mol. The zero-order chi connectivity index (χ0) is 18.7. The number of pyridine rings is 1. The molecule has 0 radical (unpaired) electrons. The second-order valence-electron chi connectivity index (χ2n) is 7.36. The first kappa shape index (κ1) is 17.9. The molecule has 1 aromatic carbocycles. The van der Waals surface area contributed by atoms with Crippen LogP contribution in [0, 0.1) is 0 Å². The smallest absolute Gasteiger partial charge is 0.414 e. The Labute approximate surface area is 153 Å². The highest BCUT2D eigenvalue weighted by Gasteiger charge is 2.32. The number of nitrogens with zero attached hydrogens (tertiary/aromatic N) is 2. The van der Waals surface area contributed by atoms with E-state index in [9.17, 15) is 9.59 Å². The van der Waals surface area contributed by atoms with Gasteiger partial charge >= 0.3 is 6.09 Å². The molecule has 26 heavy (non-hydrogen) atoms. The molecule has 2 heterocycles. The minimum atomic E-state index is -0.394. The van der Waals surface area contributed by atoms with Gasteiger partial charge in [0.05, 0.1) is 18.7 Å². The lowest BCUT2D eigenvalue weighted by atomic mass is 9.87. The zero-order valence-electron chi connectivity index (χ0n) is 15.2.